The molecule has 0 aromatic heterocycles. The van der Waals surface area contributed by atoms with Gasteiger partial charge < -0.3 is 14.8 Å². The average molecular weight is 315 g/mol. The average Bonchev–Trinajstić information content (AvgIpc) is 2.71. The Morgan fingerprint density at radius 3 is 2.61 bits per heavy atom. The van der Waals surface area contributed by atoms with E-state index in [4.69, 9.17) is 4.74 Å². The molecule has 1 aliphatic rings. The minimum atomic E-state index is -0.653. The number of rotatable bonds is 2. The minimum Gasteiger partial charge on any atom is -0.444 e. The van der Waals surface area contributed by atoms with E-state index in [1.54, 1.807) is 26.8 Å². The molecule has 6 heteroatoms. The molecule has 1 heterocycles. The molecule has 0 fully saturated rings. The van der Waals surface area contributed by atoms with Crippen LogP contribution in [-0.4, -0.2) is 30.2 Å². The molecule has 1 aromatic rings. The van der Waals surface area contributed by atoms with Crippen LogP contribution in [0, 0.1) is 11.8 Å². The van der Waals surface area contributed by atoms with Crippen molar-refractivity contribution >= 4 is 18.0 Å². The number of fused-ring (bicyclic) bond motifs is 1. The minimum absolute atomic E-state index is 0.230. The Kier molecular flexibility index (Phi) is 4.70. The normalized spacial score (nSPS) is 12.8. The molecular weight excluding hydrogens is 298 g/mol. The van der Waals surface area contributed by atoms with E-state index < -0.39 is 23.6 Å². The number of amides is 1. The van der Waals surface area contributed by atoms with Crippen LogP contribution >= 0.6 is 0 Å². The molecule has 0 saturated heterocycles. The number of carbonyl (C=O) groups excluding carboxylic acids is 3. The topological polar surface area (TPSA) is 81.7 Å². The third-order valence-corrected chi connectivity index (χ3v) is 2.80. The molecule has 0 bridgehead atoms. The summed E-state index contributed by atoms with van der Waals surface area (Å²) in [6.45, 7) is 5.72. The molecule has 0 spiro atoms. The van der Waals surface area contributed by atoms with Gasteiger partial charge in [-0.3, -0.25) is 0 Å². The van der Waals surface area contributed by atoms with Crippen molar-refractivity contribution in [2.45, 2.75) is 32.8 Å². The number of ether oxygens (including phenoxy) is 2. The van der Waals surface area contributed by atoms with Crippen LogP contribution in [0.1, 0.15) is 53.5 Å². The molecule has 1 aromatic carbocycles. The lowest BCUT2D eigenvalue weighted by atomic mass is 10.1. The summed E-state index contributed by atoms with van der Waals surface area (Å²) in [6, 6.07) is 4.69. The van der Waals surface area contributed by atoms with Crippen molar-refractivity contribution in [3.63, 3.8) is 0 Å². The fourth-order valence-corrected chi connectivity index (χ4v) is 1.87. The molecule has 0 atom stereocenters. The van der Waals surface area contributed by atoms with Crippen molar-refractivity contribution in [1.29, 1.82) is 0 Å². The van der Waals surface area contributed by atoms with Crippen LogP contribution in [-0.2, 0) is 9.47 Å². The van der Waals surface area contributed by atoms with Gasteiger partial charge in [-0.1, -0.05) is 11.8 Å². The highest BCUT2D eigenvalue weighted by atomic mass is 16.6. The van der Waals surface area contributed by atoms with Crippen molar-refractivity contribution in [2.24, 2.45) is 0 Å². The van der Waals surface area contributed by atoms with E-state index in [0.29, 0.717) is 18.5 Å². The first-order valence-electron chi connectivity index (χ1n) is 7.12. The number of alkyl carbamates (subject to hydrolysis) is 1. The summed E-state index contributed by atoms with van der Waals surface area (Å²) in [5.74, 6) is 4.46. The largest absolute Gasteiger partial charge is 0.444 e. The van der Waals surface area contributed by atoms with Gasteiger partial charge in [0.25, 0.3) is 0 Å². The van der Waals surface area contributed by atoms with Crippen molar-refractivity contribution in [1.82, 2.24) is 5.32 Å². The lowest BCUT2D eigenvalue weighted by Gasteiger charge is -2.19. The van der Waals surface area contributed by atoms with Crippen LogP contribution in [0.25, 0.3) is 0 Å². The highest BCUT2D eigenvalue weighted by Gasteiger charge is 2.29. The maximum Gasteiger partial charge on any atom is 0.407 e. The van der Waals surface area contributed by atoms with Gasteiger partial charge in [-0.15, -0.1) is 0 Å². The monoisotopic (exact) mass is 315 g/mol. The highest BCUT2D eigenvalue weighted by Crippen LogP contribution is 2.20. The first-order valence-corrected chi connectivity index (χ1v) is 7.12. The summed E-state index contributed by atoms with van der Waals surface area (Å²) in [5, 5.41) is 2.60. The quantitative estimate of drug-likeness (QED) is 0.392. The molecule has 1 aliphatic heterocycles. The maximum absolute atomic E-state index is 11.4. The van der Waals surface area contributed by atoms with Crippen LogP contribution in [0.4, 0.5) is 4.79 Å². The number of nitrogens with one attached hydrogen (secondary N) is 1. The van der Waals surface area contributed by atoms with E-state index in [1.165, 1.54) is 12.1 Å². The zero-order chi connectivity index (χ0) is 17.0. The predicted molar refractivity (Wildman–Crippen MR) is 81.9 cm³/mol. The fraction of sp³-hybridized carbons (Fsp3) is 0.353. The molecule has 6 nitrogen and oxygen atoms in total. The fourth-order valence-electron chi connectivity index (χ4n) is 1.87. The van der Waals surface area contributed by atoms with E-state index in [2.05, 4.69) is 21.9 Å². The Balaban J connectivity index is 1.87. The lowest BCUT2D eigenvalue weighted by Crippen LogP contribution is -2.32. The predicted octanol–water partition coefficient (Wildman–Crippen LogP) is 2.26. The van der Waals surface area contributed by atoms with Gasteiger partial charge in [0.1, 0.15) is 5.60 Å². The van der Waals surface area contributed by atoms with E-state index in [-0.39, 0.29) is 11.1 Å². The molecule has 23 heavy (non-hydrogen) atoms. The van der Waals surface area contributed by atoms with Gasteiger partial charge in [-0.05, 0) is 39.0 Å². The number of cyclic esters (lactones) is 2. The van der Waals surface area contributed by atoms with Crippen molar-refractivity contribution in [2.75, 3.05) is 6.54 Å². The Morgan fingerprint density at radius 2 is 1.91 bits per heavy atom. The van der Waals surface area contributed by atoms with Gasteiger partial charge in [0.15, 0.2) is 0 Å². The lowest BCUT2D eigenvalue weighted by molar-refractivity contribution is 0.0441. The molecular formula is C17H17NO5. The van der Waals surface area contributed by atoms with E-state index in [1.807, 2.05) is 0 Å². The van der Waals surface area contributed by atoms with E-state index in [0.717, 1.165) is 0 Å². The van der Waals surface area contributed by atoms with Crippen molar-refractivity contribution in [3.05, 3.63) is 34.9 Å². The third-order valence-electron chi connectivity index (χ3n) is 2.80. The van der Waals surface area contributed by atoms with E-state index >= 15 is 0 Å². The molecule has 120 valence electrons. The van der Waals surface area contributed by atoms with Gasteiger partial charge in [0, 0.05) is 18.5 Å². The summed E-state index contributed by atoms with van der Waals surface area (Å²) in [7, 11) is 0. The van der Waals surface area contributed by atoms with Crippen molar-refractivity contribution < 1.29 is 23.9 Å². The zero-order valence-corrected chi connectivity index (χ0v) is 13.2. The second-order valence-electron chi connectivity index (χ2n) is 5.92. The van der Waals surface area contributed by atoms with Gasteiger partial charge in [0.05, 0.1) is 11.1 Å². The van der Waals surface area contributed by atoms with Crippen molar-refractivity contribution in [3.8, 4) is 11.8 Å². The first kappa shape index (κ1) is 16.6. The summed E-state index contributed by atoms with van der Waals surface area (Å²) in [4.78, 5) is 34.2. The molecule has 0 unspecified atom stereocenters. The molecule has 1 N–H and O–H groups in total. The van der Waals surface area contributed by atoms with E-state index in [9.17, 15) is 14.4 Å². The summed E-state index contributed by atoms with van der Waals surface area (Å²) >= 11 is 0. The highest BCUT2D eigenvalue weighted by molar-refractivity contribution is 6.14. The molecule has 1 amide bonds. The van der Waals surface area contributed by atoms with Crippen LogP contribution < -0.4 is 5.32 Å². The van der Waals surface area contributed by atoms with Gasteiger partial charge in [-0.2, -0.15) is 0 Å². The SMILES string of the molecule is CC(C)(C)OC(=O)NCCC#Cc1ccc2c(c1)C(=O)OC2=O. The molecule has 2 rings (SSSR count). The Bertz CT molecular complexity index is 719. The number of hydrogen-bond donors (Lipinski definition) is 1. The van der Waals surface area contributed by atoms with Crippen LogP contribution in [0.2, 0.25) is 0 Å². The summed E-state index contributed by atoms with van der Waals surface area (Å²) in [5.41, 5.74) is 0.556. The number of esters is 2. The Hall–Kier alpha value is -2.81. The summed E-state index contributed by atoms with van der Waals surface area (Å²) < 4.78 is 9.60. The molecule has 0 radical (unpaired) electrons. The third kappa shape index (κ3) is 4.58. The maximum atomic E-state index is 11.4. The standard InChI is InChI=1S/C17H17NO5/c1-17(2,3)23-16(21)18-9-5-4-6-11-7-8-12-13(10-11)15(20)22-14(12)19/h7-8,10H,5,9H2,1-3H3,(H,18,21). The Labute approximate surface area is 134 Å². The van der Waals surface area contributed by atoms with Crippen LogP contribution in [0.3, 0.4) is 0 Å². The van der Waals surface area contributed by atoms with Gasteiger partial charge in [0.2, 0.25) is 0 Å². The smallest absolute Gasteiger partial charge is 0.407 e. The van der Waals surface area contributed by atoms with Crippen LogP contribution in [0.15, 0.2) is 18.2 Å². The number of carbonyl (C=O) groups is 3. The first-order chi connectivity index (χ1) is 10.8. The number of hydrogen-bond acceptors (Lipinski definition) is 5. The number of benzene rings is 1. The molecule has 0 aliphatic carbocycles. The van der Waals surface area contributed by atoms with Crippen LogP contribution in [0.5, 0.6) is 0 Å². The second-order valence-corrected chi connectivity index (χ2v) is 5.92. The van der Waals surface area contributed by atoms with Gasteiger partial charge in [-0.25, -0.2) is 14.4 Å². The summed E-state index contributed by atoms with van der Waals surface area (Å²) in [6.07, 6.45) is -0.0576. The molecule has 0 saturated carbocycles. The Morgan fingerprint density at radius 1 is 1.22 bits per heavy atom. The second kappa shape index (κ2) is 6.53. The van der Waals surface area contributed by atoms with Gasteiger partial charge >= 0.3 is 18.0 Å². The zero-order valence-electron chi connectivity index (χ0n) is 13.2.